The molecule has 5 rings (SSSR count). The van der Waals surface area contributed by atoms with Gasteiger partial charge in [0, 0.05) is 25.2 Å². The second-order valence-electron chi connectivity index (χ2n) is 7.88. The lowest BCUT2D eigenvalue weighted by Gasteiger charge is -2.59. The topological polar surface area (TPSA) is 63.2 Å². The number of esters is 1. The van der Waals surface area contributed by atoms with Gasteiger partial charge in [-0.25, -0.2) is 9.78 Å². The number of hydrogen-bond acceptors (Lipinski definition) is 6. The van der Waals surface area contributed by atoms with Crippen molar-refractivity contribution in [1.82, 2.24) is 0 Å². The molecule has 5 aliphatic rings. The summed E-state index contributed by atoms with van der Waals surface area (Å²) >= 11 is 0. The van der Waals surface area contributed by atoms with E-state index in [9.17, 15) is 4.79 Å². The van der Waals surface area contributed by atoms with Crippen molar-refractivity contribution in [2.75, 3.05) is 0 Å². The molecule has 0 aromatic rings. The van der Waals surface area contributed by atoms with Crippen LogP contribution in [0.25, 0.3) is 0 Å². The second kappa shape index (κ2) is 5.15. The van der Waals surface area contributed by atoms with Gasteiger partial charge in [-0.15, -0.1) is 0 Å². The summed E-state index contributed by atoms with van der Waals surface area (Å²) in [6.45, 7) is 7.64. The molecule has 6 heteroatoms. The number of fused-ring (bicyclic) bond motifs is 2. The van der Waals surface area contributed by atoms with Crippen LogP contribution in [0.1, 0.15) is 53.4 Å². The first-order valence-electron chi connectivity index (χ1n) is 8.73. The second-order valence-corrected chi connectivity index (χ2v) is 7.88. The van der Waals surface area contributed by atoms with Crippen molar-refractivity contribution in [3.05, 3.63) is 0 Å². The minimum atomic E-state index is -0.793. The fraction of sp³-hybridized carbons (Fsp3) is 0.941. The van der Waals surface area contributed by atoms with E-state index in [1.165, 1.54) is 6.92 Å². The van der Waals surface area contributed by atoms with E-state index in [0.717, 1.165) is 25.7 Å². The SMILES string of the molecule is CC(=O)O[C@@H]1O[C@@H]2O[C@@]3(C)CCC4[C@H](C)CCC([C@H]1C)[C@]42OO3. The third kappa shape index (κ3) is 2.18. The van der Waals surface area contributed by atoms with Crippen molar-refractivity contribution < 1.29 is 28.8 Å². The Balaban J connectivity index is 1.74. The van der Waals surface area contributed by atoms with Gasteiger partial charge in [0.2, 0.25) is 12.1 Å². The maximum absolute atomic E-state index is 11.4. The molecule has 2 bridgehead atoms. The standard InChI is InChI=1S/C17H26O6/c1-9-5-6-13-10(2)14(19-11(3)18)20-15-17(13)12(9)7-8-16(4,21-15)22-23-17/h9-10,12-15H,5-8H2,1-4H3/t9-,10-,12?,13?,14-,15-,16-,17-/m1/s1. The highest BCUT2D eigenvalue weighted by Gasteiger charge is 2.69. The van der Waals surface area contributed by atoms with Crippen molar-refractivity contribution >= 4 is 5.97 Å². The van der Waals surface area contributed by atoms with Crippen LogP contribution in [-0.2, 0) is 28.8 Å². The number of carbonyl (C=O) groups excluding carboxylic acids is 1. The van der Waals surface area contributed by atoms with Crippen LogP contribution in [0.2, 0.25) is 0 Å². The molecule has 1 saturated carbocycles. The minimum Gasteiger partial charge on any atom is -0.436 e. The first kappa shape index (κ1) is 15.8. The Hall–Kier alpha value is -0.690. The van der Waals surface area contributed by atoms with Gasteiger partial charge >= 0.3 is 5.97 Å². The molecule has 6 nitrogen and oxygen atoms in total. The van der Waals surface area contributed by atoms with Crippen molar-refractivity contribution in [3.63, 3.8) is 0 Å². The molecule has 5 fully saturated rings. The summed E-state index contributed by atoms with van der Waals surface area (Å²) in [7, 11) is 0. The Morgan fingerprint density at radius 3 is 2.65 bits per heavy atom. The average Bonchev–Trinajstić information content (AvgIpc) is 2.70. The molecule has 1 spiro atoms. The summed E-state index contributed by atoms with van der Waals surface area (Å²) in [6.07, 6.45) is 2.78. The first-order chi connectivity index (χ1) is 10.9. The highest BCUT2D eigenvalue weighted by molar-refractivity contribution is 5.66. The van der Waals surface area contributed by atoms with Gasteiger partial charge in [0.05, 0.1) is 0 Å². The highest BCUT2D eigenvalue weighted by atomic mass is 17.3. The zero-order valence-corrected chi connectivity index (χ0v) is 14.2. The van der Waals surface area contributed by atoms with E-state index in [0.29, 0.717) is 11.8 Å². The van der Waals surface area contributed by atoms with Crippen LogP contribution < -0.4 is 0 Å². The zero-order chi connectivity index (χ0) is 16.4. The van der Waals surface area contributed by atoms with E-state index in [4.69, 9.17) is 24.0 Å². The third-order valence-electron chi connectivity index (χ3n) is 6.38. The van der Waals surface area contributed by atoms with Crippen molar-refractivity contribution in [3.8, 4) is 0 Å². The number of rotatable bonds is 1. The fourth-order valence-corrected chi connectivity index (χ4v) is 5.17. The molecule has 0 aromatic heterocycles. The molecule has 130 valence electrons. The first-order valence-corrected chi connectivity index (χ1v) is 8.73. The van der Waals surface area contributed by atoms with Gasteiger partial charge in [-0.1, -0.05) is 13.8 Å². The molecule has 0 N–H and O–H groups in total. The average molecular weight is 326 g/mol. The van der Waals surface area contributed by atoms with Crippen LogP contribution in [0.3, 0.4) is 0 Å². The van der Waals surface area contributed by atoms with Gasteiger partial charge in [-0.05, 0) is 38.0 Å². The molecule has 4 aliphatic heterocycles. The zero-order valence-electron chi connectivity index (χ0n) is 14.2. The number of carbonyl (C=O) groups is 1. The van der Waals surface area contributed by atoms with Crippen LogP contribution in [0, 0.1) is 23.7 Å². The van der Waals surface area contributed by atoms with Gasteiger partial charge < -0.3 is 14.2 Å². The predicted molar refractivity (Wildman–Crippen MR) is 78.6 cm³/mol. The number of hydrogen-bond donors (Lipinski definition) is 0. The molecule has 1 aliphatic carbocycles. The Bertz CT molecular complexity index is 509. The Labute approximate surface area is 136 Å². The van der Waals surface area contributed by atoms with Crippen LogP contribution >= 0.6 is 0 Å². The molecule has 4 saturated heterocycles. The van der Waals surface area contributed by atoms with Crippen LogP contribution in [0.5, 0.6) is 0 Å². The summed E-state index contributed by atoms with van der Waals surface area (Å²) in [5.41, 5.74) is -0.594. The van der Waals surface area contributed by atoms with Gasteiger partial charge in [0.25, 0.3) is 0 Å². The lowest BCUT2D eigenvalue weighted by atomic mass is 9.58. The van der Waals surface area contributed by atoms with Crippen LogP contribution in [0.15, 0.2) is 0 Å². The van der Waals surface area contributed by atoms with Crippen LogP contribution in [0.4, 0.5) is 0 Å². The van der Waals surface area contributed by atoms with E-state index in [1.54, 1.807) is 0 Å². The smallest absolute Gasteiger partial charge is 0.304 e. The largest absolute Gasteiger partial charge is 0.436 e. The van der Waals surface area contributed by atoms with Crippen LogP contribution in [-0.4, -0.2) is 29.9 Å². The highest BCUT2D eigenvalue weighted by Crippen LogP contribution is 2.60. The maximum atomic E-state index is 11.4. The van der Waals surface area contributed by atoms with E-state index in [2.05, 4.69) is 13.8 Å². The van der Waals surface area contributed by atoms with E-state index < -0.39 is 24.0 Å². The summed E-state index contributed by atoms with van der Waals surface area (Å²) in [5.74, 6) is -0.0347. The Morgan fingerprint density at radius 2 is 1.91 bits per heavy atom. The molecule has 0 aromatic carbocycles. The Kier molecular flexibility index (Phi) is 3.54. The van der Waals surface area contributed by atoms with Gasteiger partial charge in [0.1, 0.15) is 0 Å². The van der Waals surface area contributed by atoms with Crippen molar-refractivity contribution in [2.24, 2.45) is 23.7 Å². The molecule has 23 heavy (non-hydrogen) atoms. The van der Waals surface area contributed by atoms with Gasteiger partial charge in [-0.3, -0.25) is 4.79 Å². The minimum absolute atomic E-state index is 0.0415. The van der Waals surface area contributed by atoms with E-state index in [-0.39, 0.29) is 17.8 Å². The van der Waals surface area contributed by atoms with Crippen molar-refractivity contribution in [1.29, 1.82) is 0 Å². The monoisotopic (exact) mass is 326 g/mol. The Morgan fingerprint density at radius 1 is 1.13 bits per heavy atom. The molecule has 4 heterocycles. The van der Waals surface area contributed by atoms with E-state index >= 15 is 0 Å². The summed E-state index contributed by atoms with van der Waals surface area (Å²) in [6, 6.07) is 0. The molecule has 2 unspecified atom stereocenters. The van der Waals surface area contributed by atoms with Gasteiger partial charge in [0.15, 0.2) is 11.9 Å². The predicted octanol–water partition coefficient (Wildman–Crippen LogP) is 2.76. The van der Waals surface area contributed by atoms with E-state index in [1.807, 2.05) is 6.92 Å². The molecule has 0 radical (unpaired) electrons. The summed E-state index contributed by atoms with van der Waals surface area (Å²) in [4.78, 5) is 23.2. The summed E-state index contributed by atoms with van der Waals surface area (Å²) < 4.78 is 17.7. The molecular weight excluding hydrogens is 300 g/mol. The molecule has 0 amide bonds. The lowest BCUT2D eigenvalue weighted by Crippen LogP contribution is -2.70. The van der Waals surface area contributed by atoms with Crippen molar-refractivity contribution in [2.45, 2.75) is 77.3 Å². The molecular formula is C17H26O6. The summed E-state index contributed by atoms with van der Waals surface area (Å²) in [5, 5.41) is 0. The van der Waals surface area contributed by atoms with Gasteiger partial charge in [-0.2, -0.15) is 0 Å². The quantitative estimate of drug-likeness (QED) is 0.545. The lowest BCUT2D eigenvalue weighted by molar-refractivity contribution is -0.576. The number of ether oxygens (including phenoxy) is 3. The maximum Gasteiger partial charge on any atom is 0.304 e. The fourth-order valence-electron chi connectivity index (χ4n) is 5.17. The molecule has 8 atom stereocenters. The normalized spacial score (nSPS) is 55.0. The third-order valence-corrected chi connectivity index (χ3v) is 6.38.